The molecule has 0 aliphatic carbocycles. The molecule has 2 amide bonds. The van der Waals surface area contributed by atoms with Gasteiger partial charge in [-0.2, -0.15) is 0 Å². The van der Waals surface area contributed by atoms with Gasteiger partial charge in [0.15, 0.2) is 0 Å². The minimum atomic E-state index is -0.517. The first kappa shape index (κ1) is 16.5. The molecule has 1 fully saturated rings. The van der Waals surface area contributed by atoms with Crippen molar-refractivity contribution in [1.29, 1.82) is 0 Å². The summed E-state index contributed by atoms with van der Waals surface area (Å²) in [5.74, 6) is -0.344. The van der Waals surface area contributed by atoms with Gasteiger partial charge in [-0.05, 0) is 25.1 Å². The third-order valence-electron chi connectivity index (χ3n) is 5.45. The lowest BCUT2D eigenvalue weighted by Gasteiger charge is -2.40. The number of rotatable bonds is 2. The van der Waals surface area contributed by atoms with Crippen LogP contribution in [-0.4, -0.2) is 55.8 Å². The van der Waals surface area contributed by atoms with Crippen LogP contribution in [0.2, 0.25) is 0 Å². The fourth-order valence-corrected chi connectivity index (χ4v) is 4.18. The number of hydrogen-bond acceptors (Lipinski definition) is 5. The monoisotopic (exact) mass is 380 g/mol. The van der Waals surface area contributed by atoms with E-state index in [0.717, 1.165) is 10.3 Å². The minimum absolute atomic E-state index is 0.114. The summed E-state index contributed by atoms with van der Waals surface area (Å²) in [6.07, 6.45) is 5.76. The molecular formula is C19H18N5O4+. The summed E-state index contributed by atoms with van der Waals surface area (Å²) in [6, 6.07) is 6.84. The molecule has 3 aromatic heterocycles. The standard InChI is InChI=1S/C19H18N5O4/c1-12-14(11-28-20-12)18(25)23-8-9-24-17(23)16(13-4-2-6-21(27)10-13)22-7-3-5-15(22)19(24)26/h2-7,10-11,16-17,27H,8-9H2,1H3/q+1. The van der Waals surface area contributed by atoms with E-state index in [-0.39, 0.29) is 17.9 Å². The van der Waals surface area contributed by atoms with E-state index >= 15 is 0 Å². The molecule has 28 heavy (non-hydrogen) atoms. The van der Waals surface area contributed by atoms with Gasteiger partial charge in [0.1, 0.15) is 29.7 Å². The van der Waals surface area contributed by atoms with Crippen LogP contribution in [0.5, 0.6) is 0 Å². The highest BCUT2D eigenvalue weighted by atomic mass is 16.5. The normalized spacial score (nSPS) is 21.0. The molecule has 142 valence electrons. The number of amides is 2. The van der Waals surface area contributed by atoms with E-state index in [2.05, 4.69) is 5.16 Å². The predicted molar refractivity (Wildman–Crippen MR) is 93.5 cm³/mol. The zero-order valence-corrected chi connectivity index (χ0v) is 15.1. The fraction of sp³-hybridized carbons (Fsp3) is 0.263. The number of hydrogen-bond donors (Lipinski definition) is 1. The average molecular weight is 380 g/mol. The third kappa shape index (κ3) is 2.25. The highest BCUT2D eigenvalue weighted by molar-refractivity contribution is 5.98. The van der Waals surface area contributed by atoms with Crippen LogP contribution in [0.3, 0.4) is 0 Å². The van der Waals surface area contributed by atoms with Gasteiger partial charge >= 0.3 is 0 Å². The van der Waals surface area contributed by atoms with Gasteiger partial charge in [0.25, 0.3) is 11.8 Å². The summed E-state index contributed by atoms with van der Waals surface area (Å²) >= 11 is 0. The molecule has 2 atom stereocenters. The largest absolute Gasteiger partial charge is 0.364 e. The number of fused-ring (bicyclic) bond motifs is 2. The summed E-state index contributed by atoms with van der Waals surface area (Å²) in [7, 11) is 0. The second-order valence-corrected chi connectivity index (χ2v) is 6.99. The Balaban J connectivity index is 1.65. The number of nitrogens with zero attached hydrogens (tertiary/aromatic N) is 5. The van der Waals surface area contributed by atoms with E-state index in [0.29, 0.717) is 30.0 Å². The molecule has 2 aliphatic heterocycles. The first-order chi connectivity index (χ1) is 13.6. The second-order valence-electron chi connectivity index (χ2n) is 6.99. The van der Waals surface area contributed by atoms with Gasteiger partial charge in [0.2, 0.25) is 12.4 Å². The summed E-state index contributed by atoms with van der Waals surface area (Å²) in [4.78, 5) is 29.6. The lowest BCUT2D eigenvalue weighted by atomic mass is 10.0. The van der Waals surface area contributed by atoms with Gasteiger partial charge in [-0.3, -0.25) is 14.8 Å². The molecule has 0 saturated carbocycles. The van der Waals surface area contributed by atoms with Crippen LogP contribution in [-0.2, 0) is 0 Å². The van der Waals surface area contributed by atoms with E-state index in [4.69, 9.17) is 4.52 Å². The summed E-state index contributed by atoms with van der Waals surface area (Å²) in [6.45, 7) is 2.56. The molecule has 9 nitrogen and oxygen atoms in total. The van der Waals surface area contributed by atoms with Crippen LogP contribution in [0.4, 0.5) is 0 Å². The Morgan fingerprint density at radius 2 is 2.18 bits per heavy atom. The Hall–Kier alpha value is -3.62. The van der Waals surface area contributed by atoms with Crippen LogP contribution in [0.15, 0.2) is 53.6 Å². The van der Waals surface area contributed by atoms with Gasteiger partial charge < -0.3 is 18.9 Å². The minimum Gasteiger partial charge on any atom is -0.364 e. The second kappa shape index (κ2) is 5.95. The van der Waals surface area contributed by atoms with Crippen molar-refractivity contribution >= 4 is 11.8 Å². The quantitative estimate of drug-likeness (QED) is 0.525. The van der Waals surface area contributed by atoms with Crippen molar-refractivity contribution in [3.8, 4) is 0 Å². The molecule has 2 aliphatic rings. The molecule has 0 spiro atoms. The molecule has 5 heterocycles. The first-order valence-corrected chi connectivity index (χ1v) is 8.96. The lowest BCUT2D eigenvalue weighted by molar-refractivity contribution is -0.905. The molecule has 0 bridgehead atoms. The number of aromatic nitrogens is 3. The molecule has 1 N–H and O–H groups in total. The van der Waals surface area contributed by atoms with Gasteiger partial charge in [-0.1, -0.05) is 5.16 Å². The van der Waals surface area contributed by atoms with Crippen LogP contribution in [0, 0.1) is 6.92 Å². The van der Waals surface area contributed by atoms with Gasteiger partial charge in [-0.15, -0.1) is 0 Å². The highest BCUT2D eigenvalue weighted by Gasteiger charge is 2.49. The summed E-state index contributed by atoms with van der Waals surface area (Å²) in [5.41, 5.74) is 2.24. The third-order valence-corrected chi connectivity index (χ3v) is 5.45. The van der Waals surface area contributed by atoms with E-state index in [9.17, 15) is 14.8 Å². The Morgan fingerprint density at radius 1 is 1.32 bits per heavy atom. The number of carbonyl (C=O) groups is 2. The summed E-state index contributed by atoms with van der Waals surface area (Å²) < 4.78 is 7.78. The average Bonchev–Trinajstić information content (AvgIpc) is 3.41. The maximum Gasteiger partial charge on any atom is 0.272 e. The predicted octanol–water partition coefficient (Wildman–Crippen LogP) is 0.837. The zero-order chi connectivity index (χ0) is 19.4. The maximum absolute atomic E-state index is 13.2. The van der Waals surface area contributed by atoms with Gasteiger partial charge in [0.05, 0.1) is 5.69 Å². The fourth-order valence-electron chi connectivity index (χ4n) is 4.18. The van der Waals surface area contributed by atoms with Crippen LogP contribution >= 0.6 is 0 Å². The SMILES string of the molecule is Cc1nocc1C(=O)N1CCN2C(=O)c3cccn3C(c3ccc[n+](O)c3)C12. The van der Waals surface area contributed by atoms with Crippen molar-refractivity contribution in [3.63, 3.8) is 0 Å². The number of carbonyl (C=O) groups excluding carboxylic acids is 2. The molecule has 5 rings (SSSR count). The van der Waals surface area contributed by atoms with E-state index in [1.807, 2.05) is 22.9 Å². The topological polar surface area (TPSA) is 95.7 Å². The van der Waals surface area contributed by atoms with Crippen LogP contribution in [0.1, 0.15) is 38.1 Å². The molecular weight excluding hydrogens is 362 g/mol. The van der Waals surface area contributed by atoms with E-state index < -0.39 is 6.17 Å². The van der Waals surface area contributed by atoms with Crippen LogP contribution < -0.4 is 4.73 Å². The van der Waals surface area contributed by atoms with E-state index in [1.165, 1.54) is 12.5 Å². The van der Waals surface area contributed by atoms with Crippen molar-refractivity contribution in [1.82, 2.24) is 19.5 Å². The molecule has 0 radical (unpaired) electrons. The van der Waals surface area contributed by atoms with Gasteiger partial charge in [-0.25, -0.2) is 0 Å². The lowest BCUT2D eigenvalue weighted by Crippen LogP contribution is -2.54. The van der Waals surface area contributed by atoms with Crippen molar-refractivity contribution < 1.29 is 24.0 Å². The Kier molecular flexibility index (Phi) is 3.51. The maximum atomic E-state index is 13.2. The Morgan fingerprint density at radius 3 is 2.93 bits per heavy atom. The highest BCUT2D eigenvalue weighted by Crippen LogP contribution is 2.37. The smallest absolute Gasteiger partial charge is 0.272 e. The zero-order valence-electron chi connectivity index (χ0n) is 15.1. The van der Waals surface area contributed by atoms with Crippen molar-refractivity contribution in [2.45, 2.75) is 19.1 Å². The van der Waals surface area contributed by atoms with E-state index in [1.54, 1.807) is 35.1 Å². The summed E-state index contributed by atoms with van der Waals surface area (Å²) in [5, 5.41) is 13.7. The molecule has 2 unspecified atom stereocenters. The van der Waals surface area contributed by atoms with Crippen molar-refractivity contribution in [2.24, 2.45) is 0 Å². The first-order valence-electron chi connectivity index (χ1n) is 8.96. The Labute approximate surface area is 159 Å². The van der Waals surface area contributed by atoms with Crippen molar-refractivity contribution in [2.75, 3.05) is 13.1 Å². The Bertz CT molecular complexity index is 1090. The molecule has 1 saturated heterocycles. The van der Waals surface area contributed by atoms with Gasteiger partial charge in [0, 0.05) is 35.6 Å². The molecule has 0 aromatic carbocycles. The molecule has 3 aromatic rings. The molecule has 9 heteroatoms. The van der Waals surface area contributed by atoms with Crippen LogP contribution in [0.25, 0.3) is 0 Å². The number of aryl methyl sites for hydroxylation is 1. The van der Waals surface area contributed by atoms with Crippen molar-refractivity contribution in [3.05, 3.63) is 71.6 Å². The number of pyridine rings is 1.